The molecular formula is C18H26N2O. The Hall–Kier alpha value is -1.35. The molecule has 2 unspecified atom stereocenters. The smallest absolute Gasteiger partial charge is 0.179 e. The maximum Gasteiger partial charge on any atom is 0.179 e. The third kappa shape index (κ3) is 3.13. The second-order valence-electron chi connectivity index (χ2n) is 6.61. The van der Waals surface area contributed by atoms with Gasteiger partial charge in [0.2, 0.25) is 0 Å². The van der Waals surface area contributed by atoms with Gasteiger partial charge in [-0.15, -0.1) is 0 Å². The minimum atomic E-state index is 0.00735. The Kier molecular flexibility index (Phi) is 4.29. The van der Waals surface area contributed by atoms with Gasteiger partial charge in [0.25, 0.3) is 0 Å². The van der Waals surface area contributed by atoms with Gasteiger partial charge in [0, 0.05) is 17.3 Å². The zero-order valence-corrected chi connectivity index (χ0v) is 13.2. The third-order valence-corrected chi connectivity index (χ3v) is 4.89. The van der Waals surface area contributed by atoms with Crippen LogP contribution in [0.5, 0.6) is 0 Å². The molecule has 0 spiro atoms. The monoisotopic (exact) mass is 286 g/mol. The highest BCUT2D eigenvalue weighted by Gasteiger charge is 2.25. The van der Waals surface area contributed by atoms with Gasteiger partial charge >= 0.3 is 0 Å². The molecule has 2 atom stereocenters. The van der Waals surface area contributed by atoms with E-state index in [9.17, 15) is 4.79 Å². The van der Waals surface area contributed by atoms with E-state index in [1.165, 1.54) is 36.9 Å². The first kappa shape index (κ1) is 14.6. The van der Waals surface area contributed by atoms with Crippen molar-refractivity contribution in [2.24, 2.45) is 0 Å². The fourth-order valence-corrected chi connectivity index (χ4v) is 3.59. The van der Waals surface area contributed by atoms with Gasteiger partial charge in [0.15, 0.2) is 5.78 Å². The van der Waals surface area contributed by atoms with Crippen molar-refractivity contribution in [1.29, 1.82) is 0 Å². The van der Waals surface area contributed by atoms with E-state index in [4.69, 9.17) is 0 Å². The lowest BCUT2D eigenvalue weighted by Gasteiger charge is -2.26. The molecule has 0 radical (unpaired) electrons. The predicted octanol–water partition coefficient (Wildman–Crippen LogP) is 3.49. The lowest BCUT2D eigenvalue weighted by atomic mass is 10.00. The minimum absolute atomic E-state index is 0.00735. The van der Waals surface area contributed by atoms with E-state index in [2.05, 4.69) is 36.2 Å². The summed E-state index contributed by atoms with van der Waals surface area (Å²) >= 11 is 0. The molecule has 2 aliphatic heterocycles. The molecule has 2 heterocycles. The van der Waals surface area contributed by atoms with E-state index in [-0.39, 0.29) is 11.8 Å². The van der Waals surface area contributed by atoms with Gasteiger partial charge in [-0.3, -0.25) is 9.69 Å². The number of fused-ring (bicyclic) bond motifs is 1. The maximum atomic E-state index is 12.8. The highest BCUT2D eigenvalue weighted by Crippen LogP contribution is 2.27. The fraction of sp³-hybridized carbons (Fsp3) is 0.611. The van der Waals surface area contributed by atoms with Gasteiger partial charge < -0.3 is 5.32 Å². The molecule has 1 fully saturated rings. The van der Waals surface area contributed by atoms with Gasteiger partial charge in [-0.25, -0.2) is 0 Å². The van der Waals surface area contributed by atoms with Crippen molar-refractivity contribution in [3.05, 3.63) is 29.3 Å². The first-order chi connectivity index (χ1) is 10.1. The van der Waals surface area contributed by atoms with Gasteiger partial charge in [0.1, 0.15) is 0 Å². The number of Topliss-reactive ketones (excluding diaryl/α,β-unsaturated/α-hetero) is 1. The summed E-state index contributed by atoms with van der Waals surface area (Å²) < 4.78 is 0. The Balaban J connectivity index is 1.74. The number of anilines is 1. The maximum absolute atomic E-state index is 12.8. The molecule has 21 heavy (non-hydrogen) atoms. The van der Waals surface area contributed by atoms with Crippen molar-refractivity contribution in [3.63, 3.8) is 0 Å². The molecule has 1 aromatic carbocycles. The summed E-state index contributed by atoms with van der Waals surface area (Å²) in [5.41, 5.74) is 3.36. The summed E-state index contributed by atoms with van der Waals surface area (Å²) in [6.45, 7) is 6.38. The summed E-state index contributed by atoms with van der Waals surface area (Å²) in [7, 11) is 0. The normalized spacial score (nSPS) is 24.0. The molecule has 1 saturated heterocycles. The minimum Gasteiger partial charge on any atom is -0.382 e. The van der Waals surface area contributed by atoms with Crippen LogP contribution in [0, 0.1) is 0 Å². The molecule has 114 valence electrons. The van der Waals surface area contributed by atoms with Crippen molar-refractivity contribution in [2.45, 2.75) is 58.0 Å². The second-order valence-corrected chi connectivity index (χ2v) is 6.61. The Morgan fingerprint density at radius 2 is 1.95 bits per heavy atom. The number of rotatable bonds is 3. The lowest BCUT2D eigenvalue weighted by Crippen LogP contribution is -2.39. The number of benzene rings is 1. The van der Waals surface area contributed by atoms with E-state index >= 15 is 0 Å². The molecule has 3 heteroatoms. The lowest BCUT2D eigenvalue weighted by molar-refractivity contribution is 0.0842. The second kappa shape index (κ2) is 6.18. The Labute approximate surface area is 127 Å². The topological polar surface area (TPSA) is 32.3 Å². The molecule has 2 aliphatic rings. The Morgan fingerprint density at radius 3 is 2.67 bits per heavy atom. The van der Waals surface area contributed by atoms with Crippen LogP contribution in [-0.2, 0) is 6.42 Å². The van der Waals surface area contributed by atoms with Crippen LogP contribution in [0.25, 0.3) is 0 Å². The molecule has 1 aromatic rings. The SMILES string of the molecule is CC1Cc2cc(C(=O)C(C)N3CCCCCC3)ccc2N1. The van der Waals surface area contributed by atoms with E-state index < -0.39 is 0 Å². The van der Waals surface area contributed by atoms with Gasteiger partial charge in [-0.2, -0.15) is 0 Å². The Morgan fingerprint density at radius 1 is 1.24 bits per heavy atom. The number of nitrogens with zero attached hydrogens (tertiary/aromatic N) is 1. The van der Waals surface area contributed by atoms with Crippen molar-refractivity contribution in [2.75, 3.05) is 18.4 Å². The number of hydrogen-bond donors (Lipinski definition) is 1. The average Bonchev–Trinajstić information content (AvgIpc) is 2.68. The van der Waals surface area contributed by atoms with Crippen LogP contribution in [0.3, 0.4) is 0 Å². The van der Waals surface area contributed by atoms with Gasteiger partial charge in [-0.1, -0.05) is 12.8 Å². The van der Waals surface area contributed by atoms with Crippen molar-refractivity contribution in [3.8, 4) is 0 Å². The zero-order valence-electron chi connectivity index (χ0n) is 13.2. The molecular weight excluding hydrogens is 260 g/mol. The number of carbonyl (C=O) groups is 1. The molecule has 0 aromatic heterocycles. The number of carbonyl (C=O) groups excluding carboxylic acids is 1. The molecule has 3 rings (SSSR count). The van der Waals surface area contributed by atoms with Crippen LogP contribution < -0.4 is 5.32 Å². The predicted molar refractivity (Wildman–Crippen MR) is 87.1 cm³/mol. The van der Waals surface area contributed by atoms with Crippen LogP contribution in [0.15, 0.2) is 18.2 Å². The molecule has 0 amide bonds. The molecule has 0 saturated carbocycles. The highest BCUT2D eigenvalue weighted by atomic mass is 16.1. The van der Waals surface area contributed by atoms with Crippen molar-refractivity contribution in [1.82, 2.24) is 4.90 Å². The number of nitrogens with one attached hydrogen (secondary N) is 1. The van der Waals surface area contributed by atoms with Gasteiger partial charge in [-0.05, 0) is 70.0 Å². The zero-order chi connectivity index (χ0) is 14.8. The first-order valence-electron chi connectivity index (χ1n) is 8.33. The van der Waals surface area contributed by atoms with Crippen LogP contribution in [0.2, 0.25) is 0 Å². The summed E-state index contributed by atoms with van der Waals surface area (Å²) in [4.78, 5) is 15.1. The van der Waals surface area contributed by atoms with E-state index in [0.29, 0.717) is 6.04 Å². The van der Waals surface area contributed by atoms with Crippen molar-refractivity contribution >= 4 is 11.5 Å². The van der Waals surface area contributed by atoms with Crippen LogP contribution in [0.1, 0.15) is 55.5 Å². The average molecular weight is 286 g/mol. The number of likely N-dealkylation sites (tertiary alicyclic amines) is 1. The van der Waals surface area contributed by atoms with Crippen LogP contribution >= 0.6 is 0 Å². The summed E-state index contributed by atoms with van der Waals surface area (Å²) in [6.07, 6.45) is 6.08. The van der Waals surface area contributed by atoms with Crippen molar-refractivity contribution < 1.29 is 4.79 Å². The largest absolute Gasteiger partial charge is 0.382 e. The summed E-state index contributed by atoms with van der Waals surface area (Å²) in [5, 5.41) is 3.44. The molecule has 0 bridgehead atoms. The third-order valence-electron chi connectivity index (χ3n) is 4.89. The summed E-state index contributed by atoms with van der Waals surface area (Å²) in [6, 6.07) is 6.64. The molecule has 0 aliphatic carbocycles. The van der Waals surface area contributed by atoms with Crippen LogP contribution in [0.4, 0.5) is 5.69 Å². The molecule has 1 N–H and O–H groups in total. The summed E-state index contributed by atoms with van der Waals surface area (Å²) in [5.74, 6) is 0.277. The van der Waals surface area contributed by atoms with E-state index in [1.54, 1.807) is 0 Å². The van der Waals surface area contributed by atoms with E-state index in [1.807, 2.05) is 6.07 Å². The fourth-order valence-electron chi connectivity index (χ4n) is 3.59. The number of ketones is 1. The highest BCUT2D eigenvalue weighted by molar-refractivity contribution is 6.00. The van der Waals surface area contributed by atoms with Gasteiger partial charge in [0.05, 0.1) is 6.04 Å². The quantitative estimate of drug-likeness (QED) is 0.863. The van der Waals surface area contributed by atoms with Crippen LogP contribution in [-0.4, -0.2) is 35.9 Å². The Bertz CT molecular complexity index is 518. The number of hydrogen-bond acceptors (Lipinski definition) is 3. The first-order valence-corrected chi connectivity index (χ1v) is 8.33. The standard InChI is InChI=1S/C18H26N2O/c1-13-11-16-12-15(7-8-17(16)19-13)18(21)14(2)20-9-5-3-4-6-10-20/h7-8,12-14,19H,3-6,9-11H2,1-2H3. The van der Waals surface area contributed by atoms with E-state index in [0.717, 1.165) is 25.1 Å². The molecule has 3 nitrogen and oxygen atoms in total.